The average molecular weight is 275 g/mol. The molecule has 1 aromatic rings. The fraction of sp³-hybridized carbons (Fsp3) is 0.647. The Labute approximate surface area is 121 Å². The van der Waals surface area contributed by atoms with E-state index >= 15 is 0 Å². The van der Waals surface area contributed by atoms with Crippen LogP contribution in [-0.4, -0.2) is 35.7 Å². The highest BCUT2D eigenvalue weighted by atomic mass is 16.5. The van der Waals surface area contributed by atoms with Crippen LogP contribution in [-0.2, 0) is 0 Å². The third-order valence-electron chi connectivity index (χ3n) is 4.93. The lowest BCUT2D eigenvalue weighted by Gasteiger charge is -2.37. The van der Waals surface area contributed by atoms with Gasteiger partial charge in [0.1, 0.15) is 18.5 Å². The van der Waals surface area contributed by atoms with Crippen molar-refractivity contribution in [2.24, 2.45) is 11.3 Å². The zero-order valence-electron chi connectivity index (χ0n) is 12.7. The van der Waals surface area contributed by atoms with Crippen LogP contribution in [0.4, 0.5) is 0 Å². The Balaban J connectivity index is 1.74. The molecular weight excluding hydrogens is 250 g/mol. The summed E-state index contributed by atoms with van der Waals surface area (Å²) in [6, 6.07) is 7.94. The molecule has 2 heterocycles. The Kier molecular flexibility index (Phi) is 3.51. The van der Waals surface area contributed by atoms with Crippen LogP contribution in [0.2, 0.25) is 0 Å². The highest BCUT2D eigenvalue weighted by molar-refractivity contribution is 5.37. The van der Waals surface area contributed by atoms with Crippen molar-refractivity contribution in [2.75, 3.05) is 19.7 Å². The van der Waals surface area contributed by atoms with Crippen LogP contribution in [0.5, 0.6) is 5.75 Å². The van der Waals surface area contributed by atoms with Crippen molar-refractivity contribution in [1.82, 2.24) is 4.90 Å². The smallest absolute Gasteiger partial charge is 0.125 e. The molecule has 0 radical (unpaired) electrons. The van der Waals surface area contributed by atoms with Crippen LogP contribution in [0.1, 0.15) is 38.9 Å². The largest absolute Gasteiger partial charge is 0.491 e. The van der Waals surface area contributed by atoms with Crippen LogP contribution in [0, 0.1) is 11.3 Å². The summed E-state index contributed by atoms with van der Waals surface area (Å²) < 4.78 is 5.84. The van der Waals surface area contributed by atoms with Gasteiger partial charge in [0.2, 0.25) is 0 Å². The highest BCUT2D eigenvalue weighted by Gasteiger charge is 2.39. The van der Waals surface area contributed by atoms with E-state index in [2.05, 4.69) is 25.7 Å². The molecule has 3 atom stereocenters. The van der Waals surface area contributed by atoms with Crippen LogP contribution in [0.15, 0.2) is 24.3 Å². The second kappa shape index (κ2) is 5.05. The van der Waals surface area contributed by atoms with E-state index in [1.54, 1.807) is 0 Å². The van der Waals surface area contributed by atoms with Crippen molar-refractivity contribution in [3.63, 3.8) is 0 Å². The molecule has 3 heteroatoms. The first-order chi connectivity index (χ1) is 9.47. The van der Waals surface area contributed by atoms with Gasteiger partial charge in [-0.2, -0.15) is 0 Å². The van der Waals surface area contributed by atoms with Gasteiger partial charge in [-0.25, -0.2) is 0 Å². The molecule has 1 fully saturated rings. The van der Waals surface area contributed by atoms with Crippen LogP contribution in [0.3, 0.4) is 0 Å². The summed E-state index contributed by atoms with van der Waals surface area (Å²) in [5.41, 5.74) is 1.27. The number of para-hydroxylation sites is 1. The molecule has 0 bridgehead atoms. The van der Waals surface area contributed by atoms with Crippen LogP contribution in [0.25, 0.3) is 0 Å². The number of rotatable bonds is 1. The number of nitrogens with zero attached hydrogens (tertiary/aromatic N) is 1. The number of fused-ring (bicyclic) bond motifs is 1. The minimum atomic E-state index is -0.432. The monoisotopic (exact) mass is 275 g/mol. The Bertz CT molecular complexity index is 480. The van der Waals surface area contributed by atoms with Crippen molar-refractivity contribution in [2.45, 2.75) is 39.3 Å². The molecule has 1 aromatic carbocycles. The maximum Gasteiger partial charge on any atom is 0.125 e. The molecule has 0 aromatic heterocycles. The first kappa shape index (κ1) is 13.9. The van der Waals surface area contributed by atoms with E-state index in [1.165, 1.54) is 6.42 Å². The van der Waals surface area contributed by atoms with Gasteiger partial charge in [0.15, 0.2) is 0 Å². The average Bonchev–Trinajstić information content (AvgIpc) is 2.89. The zero-order chi connectivity index (χ0) is 14.3. The van der Waals surface area contributed by atoms with Gasteiger partial charge in [-0.3, -0.25) is 4.90 Å². The number of aliphatic hydroxyl groups excluding tert-OH is 1. The summed E-state index contributed by atoms with van der Waals surface area (Å²) in [6.45, 7) is 9.65. The number of hydrogen-bond donors (Lipinski definition) is 1. The maximum absolute atomic E-state index is 10.6. The predicted octanol–water partition coefficient (Wildman–Crippen LogP) is 2.85. The van der Waals surface area contributed by atoms with E-state index in [0.717, 1.165) is 24.4 Å². The number of benzene rings is 1. The molecule has 3 unspecified atom stereocenters. The quantitative estimate of drug-likeness (QED) is 0.855. The van der Waals surface area contributed by atoms with Crippen molar-refractivity contribution in [3.05, 3.63) is 29.8 Å². The van der Waals surface area contributed by atoms with E-state index in [4.69, 9.17) is 4.74 Å². The van der Waals surface area contributed by atoms with Crippen molar-refractivity contribution in [1.29, 1.82) is 0 Å². The number of ether oxygens (including phenoxy) is 1. The van der Waals surface area contributed by atoms with Gasteiger partial charge in [0, 0.05) is 12.1 Å². The van der Waals surface area contributed by atoms with Gasteiger partial charge >= 0.3 is 0 Å². The molecule has 110 valence electrons. The lowest BCUT2D eigenvalue weighted by Crippen LogP contribution is -2.45. The molecule has 1 N–H and O–H groups in total. The summed E-state index contributed by atoms with van der Waals surface area (Å²) >= 11 is 0. The van der Waals surface area contributed by atoms with Crippen LogP contribution < -0.4 is 4.74 Å². The maximum atomic E-state index is 10.6. The first-order valence-corrected chi connectivity index (χ1v) is 7.60. The lowest BCUT2D eigenvalue weighted by molar-refractivity contribution is 0.0101. The van der Waals surface area contributed by atoms with Gasteiger partial charge < -0.3 is 9.84 Å². The van der Waals surface area contributed by atoms with E-state index in [-0.39, 0.29) is 6.04 Å². The molecule has 20 heavy (non-hydrogen) atoms. The third kappa shape index (κ3) is 2.45. The van der Waals surface area contributed by atoms with Gasteiger partial charge in [0.25, 0.3) is 0 Å². The second-order valence-corrected chi connectivity index (χ2v) is 7.21. The van der Waals surface area contributed by atoms with E-state index in [1.807, 2.05) is 24.3 Å². The SMILES string of the molecule is CC(C)(C)C1CCN(C2COc3ccccc3C2O)C1. The molecule has 0 saturated carbocycles. The van der Waals surface area contributed by atoms with Gasteiger partial charge in [-0.05, 0) is 30.4 Å². The molecule has 1 saturated heterocycles. The Morgan fingerprint density at radius 2 is 2.00 bits per heavy atom. The summed E-state index contributed by atoms with van der Waals surface area (Å²) in [5, 5.41) is 10.6. The first-order valence-electron chi connectivity index (χ1n) is 7.60. The Morgan fingerprint density at radius 1 is 1.25 bits per heavy atom. The molecule has 0 amide bonds. The molecule has 0 spiro atoms. The normalized spacial score (nSPS) is 30.9. The summed E-state index contributed by atoms with van der Waals surface area (Å²) in [4.78, 5) is 2.41. The number of likely N-dealkylation sites (tertiary alicyclic amines) is 1. The molecule has 3 rings (SSSR count). The Morgan fingerprint density at radius 3 is 2.70 bits per heavy atom. The van der Waals surface area contributed by atoms with Crippen molar-refractivity contribution >= 4 is 0 Å². The number of hydrogen-bond acceptors (Lipinski definition) is 3. The molecule has 0 aliphatic carbocycles. The standard InChI is InChI=1S/C17H25NO2/c1-17(2,3)12-8-9-18(10-12)14-11-20-15-7-5-4-6-13(15)16(14)19/h4-7,12,14,16,19H,8-11H2,1-3H3. The molecule has 2 aliphatic heterocycles. The summed E-state index contributed by atoms with van der Waals surface area (Å²) in [7, 11) is 0. The number of aliphatic hydroxyl groups is 1. The van der Waals surface area contributed by atoms with Gasteiger partial charge in [0.05, 0.1) is 6.04 Å². The summed E-state index contributed by atoms with van der Waals surface area (Å²) in [6.07, 6.45) is 0.785. The van der Waals surface area contributed by atoms with Gasteiger partial charge in [-0.1, -0.05) is 39.0 Å². The van der Waals surface area contributed by atoms with E-state index < -0.39 is 6.10 Å². The molecular formula is C17H25NO2. The van der Waals surface area contributed by atoms with Gasteiger partial charge in [-0.15, -0.1) is 0 Å². The Hall–Kier alpha value is -1.06. The topological polar surface area (TPSA) is 32.7 Å². The predicted molar refractivity (Wildman–Crippen MR) is 79.8 cm³/mol. The third-order valence-corrected chi connectivity index (χ3v) is 4.93. The highest BCUT2D eigenvalue weighted by Crippen LogP contribution is 2.39. The minimum absolute atomic E-state index is 0.0947. The van der Waals surface area contributed by atoms with E-state index in [9.17, 15) is 5.11 Å². The zero-order valence-corrected chi connectivity index (χ0v) is 12.7. The second-order valence-electron chi connectivity index (χ2n) is 7.21. The summed E-state index contributed by atoms with van der Waals surface area (Å²) in [5.74, 6) is 1.54. The fourth-order valence-corrected chi connectivity index (χ4v) is 3.43. The van der Waals surface area contributed by atoms with Crippen molar-refractivity contribution in [3.8, 4) is 5.75 Å². The van der Waals surface area contributed by atoms with E-state index in [0.29, 0.717) is 17.9 Å². The molecule has 2 aliphatic rings. The van der Waals surface area contributed by atoms with Crippen LogP contribution >= 0.6 is 0 Å². The minimum Gasteiger partial charge on any atom is -0.491 e. The fourth-order valence-electron chi connectivity index (χ4n) is 3.43. The molecule has 3 nitrogen and oxygen atoms in total. The lowest BCUT2D eigenvalue weighted by atomic mass is 9.80. The van der Waals surface area contributed by atoms with Crippen molar-refractivity contribution < 1.29 is 9.84 Å².